The first kappa shape index (κ1) is 12.4. The van der Waals surface area contributed by atoms with Gasteiger partial charge in [-0.3, -0.25) is 4.98 Å². The van der Waals surface area contributed by atoms with Crippen LogP contribution in [0, 0.1) is 6.92 Å². The van der Waals surface area contributed by atoms with Crippen LogP contribution in [0.4, 0.5) is 5.69 Å². The van der Waals surface area contributed by atoms with E-state index in [0.29, 0.717) is 0 Å². The Kier molecular flexibility index (Phi) is 3.46. The van der Waals surface area contributed by atoms with Crippen molar-refractivity contribution < 1.29 is 0 Å². The second kappa shape index (κ2) is 5.57. The number of hydrogen-bond acceptors (Lipinski definition) is 3. The van der Waals surface area contributed by atoms with Crippen LogP contribution in [0.2, 0.25) is 0 Å². The van der Waals surface area contributed by atoms with Crippen LogP contribution in [0.15, 0.2) is 61.4 Å². The van der Waals surface area contributed by atoms with Crippen LogP contribution in [0.3, 0.4) is 0 Å². The molecule has 0 fully saturated rings. The monoisotopic (exact) mass is 264 g/mol. The van der Waals surface area contributed by atoms with Gasteiger partial charge in [0, 0.05) is 42.7 Å². The number of aromatic nitrogens is 3. The van der Waals surface area contributed by atoms with E-state index in [-0.39, 0.29) is 0 Å². The molecule has 2 heterocycles. The number of benzene rings is 1. The molecule has 0 aliphatic rings. The van der Waals surface area contributed by atoms with Crippen LogP contribution in [0.25, 0.3) is 5.69 Å². The van der Waals surface area contributed by atoms with E-state index in [0.717, 1.165) is 17.9 Å². The van der Waals surface area contributed by atoms with Gasteiger partial charge in [0.15, 0.2) is 0 Å². The summed E-state index contributed by atoms with van der Waals surface area (Å²) in [6.07, 6.45) is 9.23. The number of imidazole rings is 1. The highest BCUT2D eigenvalue weighted by Gasteiger charge is 2.00. The molecule has 4 heteroatoms. The predicted octanol–water partition coefficient (Wildman–Crippen LogP) is 3.19. The number of aryl methyl sites for hydroxylation is 1. The van der Waals surface area contributed by atoms with Gasteiger partial charge in [0.1, 0.15) is 0 Å². The van der Waals surface area contributed by atoms with Gasteiger partial charge < -0.3 is 9.88 Å². The van der Waals surface area contributed by atoms with E-state index in [1.807, 2.05) is 35.3 Å². The van der Waals surface area contributed by atoms with E-state index in [1.165, 1.54) is 11.1 Å². The molecule has 1 N–H and O–H groups in total. The van der Waals surface area contributed by atoms with Gasteiger partial charge in [-0.2, -0.15) is 0 Å². The van der Waals surface area contributed by atoms with Gasteiger partial charge in [-0.25, -0.2) is 4.98 Å². The average molecular weight is 264 g/mol. The van der Waals surface area contributed by atoms with Gasteiger partial charge in [0.05, 0.1) is 6.33 Å². The van der Waals surface area contributed by atoms with Gasteiger partial charge in [-0.1, -0.05) is 6.07 Å². The van der Waals surface area contributed by atoms with E-state index in [4.69, 9.17) is 0 Å². The number of anilines is 1. The largest absolute Gasteiger partial charge is 0.381 e. The molecule has 0 radical (unpaired) electrons. The number of rotatable bonds is 4. The summed E-state index contributed by atoms with van der Waals surface area (Å²) in [5.74, 6) is 0. The normalized spacial score (nSPS) is 10.4. The van der Waals surface area contributed by atoms with Crippen molar-refractivity contribution in [1.82, 2.24) is 14.5 Å². The highest BCUT2D eigenvalue weighted by atomic mass is 15.0. The molecular formula is C16H16N4. The van der Waals surface area contributed by atoms with Gasteiger partial charge in [-0.15, -0.1) is 0 Å². The van der Waals surface area contributed by atoms with E-state index >= 15 is 0 Å². The fraction of sp³-hybridized carbons (Fsp3) is 0.125. The highest BCUT2D eigenvalue weighted by molar-refractivity contribution is 5.51. The maximum atomic E-state index is 4.16. The van der Waals surface area contributed by atoms with Crippen LogP contribution in [-0.2, 0) is 6.54 Å². The summed E-state index contributed by atoms with van der Waals surface area (Å²) >= 11 is 0. The molecule has 0 spiro atoms. The molecule has 0 aliphatic carbocycles. The Hall–Kier alpha value is -2.62. The SMILES string of the molecule is Cc1ccncc1CNc1cccc(-n2ccnc2)c1. The number of hydrogen-bond donors (Lipinski definition) is 1. The zero-order valence-electron chi connectivity index (χ0n) is 11.3. The molecule has 0 atom stereocenters. The van der Waals surface area contributed by atoms with Crippen LogP contribution in [0.1, 0.15) is 11.1 Å². The van der Waals surface area contributed by atoms with Crippen LogP contribution in [-0.4, -0.2) is 14.5 Å². The van der Waals surface area contributed by atoms with E-state index in [9.17, 15) is 0 Å². The molecule has 2 aromatic heterocycles. The minimum absolute atomic E-state index is 0.771. The molecule has 0 unspecified atom stereocenters. The lowest BCUT2D eigenvalue weighted by molar-refractivity contribution is 1.05. The molecule has 1 aromatic carbocycles. The molecule has 0 saturated carbocycles. The molecule has 0 amide bonds. The smallest absolute Gasteiger partial charge is 0.0991 e. The van der Waals surface area contributed by atoms with Crippen LogP contribution >= 0.6 is 0 Å². The van der Waals surface area contributed by atoms with Crippen molar-refractivity contribution >= 4 is 5.69 Å². The Balaban J connectivity index is 1.75. The topological polar surface area (TPSA) is 42.7 Å². The maximum absolute atomic E-state index is 4.16. The van der Waals surface area contributed by atoms with Crippen molar-refractivity contribution in [3.05, 3.63) is 72.6 Å². The van der Waals surface area contributed by atoms with Crippen molar-refractivity contribution in [1.29, 1.82) is 0 Å². The summed E-state index contributed by atoms with van der Waals surface area (Å²) in [4.78, 5) is 8.23. The lowest BCUT2D eigenvalue weighted by Gasteiger charge is -2.10. The molecule has 100 valence electrons. The van der Waals surface area contributed by atoms with Crippen LogP contribution < -0.4 is 5.32 Å². The summed E-state index contributed by atoms with van der Waals surface area (Å²) in [7, 11) is 0. The zero-order chi connectivity index (χ0) is 13.8. The van der Waals surface area contributed by atoms with E-state index in [1.54, 1.807) is 12.5 Å². The Morgan fingerprint density at radius 1 is 1.15 bits per heavy atom. The summed E-state index contributed by atoms with van der Waals surface area (Å²) in [5, 5.41) is 3.43. The molecule has 0 bridgehead atoms. The third-order valence-corrected chi connectivity index (χ3v) is 3.28. The van der Waals surface area contributed by atoms with Crippen molar-refractivity contribution in [3.8, 4) is 5.69 Å². The van der Waals surface area contributed by atoms with Crippen molar-refractivity contribution in [3.63, 3.8) is 0 Å². The molecule has 4 nitrogen and oxygen atoms in total. The fourth-order valence-corrected chi connectivity index (χ4v) is 2.07. The Labute approximate surface area is 118 Å². The van der Waals surface area contributed by atoms with Gasteiger partial charge in [0.2, 0.25) is 0 Å². The third kappa shape index (κ3) is 2.69. The van der Waals surface area contributed by atoms with Gasteiger partial charge in [-0.05, 0) is 42.3 Å². The standard InChI is InChI=1S/C16H16N4/c1-13-5-6-17-10-14(13)11-19-15-3-2-4-16(9-15)20-8-7-18-12-20/h2-10,12,19H,11H2,1H3. The summed E-state index contributed by atoms with van der Waals surface area (Å²) < 4.78 is 1.99. The van der Waals surface area contributed by atoms with Crippen molar-refractivity contribution in [2.75, 3.05) is 5.32 Å². The first-order chi connectivity index (χ1) is 9.83. The van der Waals surface area contributed by atoms with Gasteiger partial charge >= 0.3 is 0 Å². The Morgan fingerprint density at radius 3 is 2.90 bits per heavy atom. The maximum Gasteiger partial charge on any atom is 0.0991 e. The van der Waals surface area contributed by atoms with E-state index < -0.39 is 0 Å². The second-order valence-corrected chi connectivity index (χ2v) is 4.68. The van der Waals surface area contributed by atoms with E-state index in [2.05, 4.69) is 40.4 Å². The second-order valence-electron chi connectivity index (χ2n) is 4.68. The molecule has 0 aliphatic heterocycles. The number of nitrogens with zero attached hydrogens (tertiary/aromatic N) is 3. The highest BCUT2D eigenvalue weighted by Crippen LogP contribution is 2.16. The molecule has 0 saturated heterocycles. The molecule has 3 aromatic rings. The summed E-state index contributed by atoms with van der Waals surface area (Å²) in [6.45, 7) is 2.87. The lowest BCUT2D eigenvalue weighted by atomic mass is 10.1. The number of pyridine rings is 1. The van der Waals surface area contributed by atoms with Crippen LogP contribution in [0.5, 0.6) is 0 Å². The zero-order valence-corrected chi connectivity index (χ0v) is 11.3. The summed E-state index contributed by atoms with van der Waals surface area (Å²) in [6, 6.07) is 10.3. The molecule has 3 rings (SSSR count). The Bertz CT molecular complexity index is 689. The first-order valence-corrected chi connectivity index (χ1v) is 6.55. The number of nitrogens with one attached hydrogen (secondary N) is 1. The quantitative estimate of drug-likeness (QED) is 0.787. The lowest BCUT2D eigenvalue weighted by Crippen LogP contribution is -2.02. The minimum Gasteiger partial charge on any atom is -0.381 e. The molecular weight excluding hydrogens is 248 g/mol. The summed E-state index contributed by atoms with van der Waals surface area (Å²) in [5.41, 5.74) is 4.63. The predicted molar refractivity (Wildman–Crippen MR) is 79.9 cm³/mol. The van der Waals surface area contributed by atoms with Crippen molar-refractivity contribution in [2.45, 2.75) is 13.5 Å². The van der Waals surface area contributed by atoms with Gasteiger partial charge in [0.25, 0.3) is 0 Å². The minimum atomic E-state index is 0.771. The third-order valence-electron chi connectivity index (χ3n) is 3.28. The first-order valence-electron chi connectivity index (χ1n) is 6.55. The Morgan fingerprint density at radius 2 is 2.10 bits per heavy atom. The average Bonchev–Trinajstić information content (AvgIpc) is 3.01. The van der Waals surface area contributed by atoms with Crippen molar-refractivity contribution in [2.24, 2.45) is 0 Å². The fourth-order valence-electron chi connectivity index (χ4n) is 2.07. The molecule has 20 heavy (non-hydrogen) atoms.